The number of halogens is 3. The van der Waals surface area contributed by atoms with E-state index in [4.69, 9.17) is 10.9 Å². The predicted octanol–water partition coefficient (Wildman–Crippen LogP) is 2.47. The highest BCUT2D eigenvalue weighted by molar-refractivity contribution is 7.89. The smallest absolute Gasteiger partial charge is 0.351 e. The van der Waals surface area contributed by atoms with Crippen molar-refractivity contribution in [2.75, 3.05) is 10.2 Å². The van der Waals surface area contributed by atoms with Crippen LogP contribution in [0, 0.1) is 6.92 Å². The zero-order chi connectivity index (χ0) is 18.6. The number of alkyl halides is 3. The van der Waals surface area contributed by atoms with Crippen molar-refractivity contribution in [3.05, 3.63) is 47.5 Å². The summed E-state index contributed by atoms with van der Waals surface area (Å²) in [5, 5.41) is 7.73. The highest BCUT2D eigenvalue weighted by Gasteiger charge is 2.40. The quantitative estimate of drug-likeness (QED) is 0.752. The van der Waals surface area contributed by atoms with E-state index in [1.165, 1.54) is 4.90 Å². The molecule has 0 aromatic heterocycles. The summed E-state index contributed by atoms with van der Waals surface area (Å²) in [4.78, 5) is 0.535. The molecular formula is C15H15F3N4O2S. The maximum Gasteiger partial charge on any atom is 0.417 e. The SMILES string of the molecule is Cc1ccccc1N1c2cc(S(N)(=O)=O)c(C(F)(F)F)cc2NC1N. The third kappa shape index (κ3) is 3.03. The molecular weight excluding hydrogens is 357 g/mol. The molecule has 1 aliphatic rings. The Morgan fingerprint density at radius 2 is 1.80 bits per heavy atom. The molecule has 3 rings (SSSR count). The molecule has 0 aliphatic carbocycles. The minimum Gasteiger partial charge on any atom is -0.351 e. The van der Waals surface area contributed by atoms with Crippen LogP contribution in [0.1, 0.15) is 11.1 Å². The van der Waals surface area contributed by atoms with Crippen LogP contribution < -0.4 is 21.1 Å². The molecule has 0 amide bonds. The average molecular weight is 372 g/mol. The summed E-state index contributed by atoms with van der Waals surface area (Å²) >= 11 is 0. The van der Waals surface area contributed by atoms with Crippen LogP contribution >= 0.6 is 0 Å². The van der Waals surface area contributed by atoms with Crippen LogP contribution in [0.25, 0.3) is 0 Å². The van der Waals surface area contributed by atoms with Gasteiger partial charge in [0.2, 0.25) is 10.0 Å². The molecule has 1 unspecified atom stereocenters. The lowest BCUT2D eigenvalue weighted by Gasteiger charge is -2.25. The first-order chi connectivity index (χ1) is 11.5. The van der Waals surface area contributed by atoms with Gasteiger partial charge >= 0.3 is 6.18 Å². The van der Waals surface area contributed by atoms with E-state index in [0.717, 1.165) is 11.6 Å². The molecule has 0 fully saturated rings. The summed E-state index contributed by atoms with van der Waals surface area (Å²) in [6.07, 6.45) is -5.73. The lowest BCUT2D eigenvalue weighted by atomic mass is 10.1. The summed E-state index contributed by atoms with van der Waals surface area (Å²) in [5.74, 6) is 0. The van der Waals surface area contributed by atoms with Gasteiger partial charge in [-0.2, -0.15) is 13.2 Å². The number of benzene rings is 2. The molecule has 25 heavy (non-hydrogen) atoms. The number of fused-ring (bicyclic) bond motifs is 1. The maximum atomic E-state index is 13.2. The molecule has 1 heterocycles. The van der Waals surface area contributed by atoms with E-state index in [9.17, 15) is 21.6 Å². The van der Waals surface area contributed by atoms with E-state index in [0.29, 0.717) is 11.8 Å². The predicted molar refractivity (Wildman–Crippen MR) is 87.7 cm³/mol. The summed E-state index contributed by atoms with van der Waals surface area (Å²) in [6.45, 7) is 1.81. The first-order valence-electron chi connectivity index (χ1n) is 7.15. The topological polar surface area (TPSA) is 101 Å². The third-order valence-electron chi connectivity index (χ3n) is 3.93. The lowest BCUT2D eigenvalue weighted by Crippen LogP contribution is -2.40. The number of nitrogens with one attached hydrogen (secondary N) is 1. The number of hydrogen-bond acceptors (Lipinski definition) is 5. The monoisotopic (exact) mass is 372 g/mol. The Morgan fingerprint density at radius 1 is 1.16 bits per heavy atom. The Kier molecular flexibility index (Phi) is 3.93. The summed E-state index contributed by atoms with van der Waals surface area (Å²) in [7, 11) is -4.59. The third-order valence-corrected chi connectivity index (χ3v) is 4.88. The molecule has 134 valence electrons. The molecule has 0 radical (unpaired) electrons. The Balaban J connectivity index is 2.27. The van der Waals surface area contributed by atoms with Gasteiger partial charge in [-0.05, 0) is 30.7 Å². The van der Waals surface area contributed by atoms with Crippen LogP contribution in [-0.4, -0.2) is 14.7 Å². The van der Waals surface area contributed by atoms with Gasteiger partial charge in [-0.25, -0.2) is 13.6 Å². The number of rotatable bonds is 2. The second-order valence-corrected chi connectivity index (χ2v) is 7.18. The maximum absolute atomic E-state index is 13.2. The van der Waals surface area contributed by atoms with Crippen molar-refractivity contribution in [2.24, 2.45) is 10.9 Å². The molecule has 5 N–H and O–H groups in total. The first kappa shape index (κ1) is 17.5. The summed E-state index contributed by atoms with van der Waals surface area (Å²) < 4.78 is 63.1. The van der Waals surface area contributed by atoms with Crippen LogP contribution in [0.5, 0.6) is 0 Å². The second-order valence-electron chi connectivity index (χ2n) is 5.65. The fraction of sp³-hybridized carbons (Fsp3) is 0.200. The van der Waals surface area contributed by atoms with Crippen molar-refractivity contribution in [1.82, 2.24) is 0 Å². The molecule has 1 aliphatic heterocycles. The molecule has 0 spiro atoms. The van der Waals surface area contributed by atoms with Gasteiger partial charge in [-0.3, -0.25) is 5.73 Å². The molecule has 10 heteroatoms. The van der Waals surface area contributed by atoms with Gasteiger partial charge in [0.25, 0.3) is 0 Å². The van der Waals surface area contributed by atoms with E-state index in [-0.39, 0.29) is 11.4 Å². The Morgan fingerprint density at radius 3 is 2.36 bits per heavy atom. The minimum atomic E-state index is -4.88. The highest BCUT2D eigenvalue weighted by Crippen LogP contribution is 2.45. The van der Waals surface area contributed by atoms with Gasteiger partial charge in [-0.15, -0.1) is 0 Å². The normalized spacial score (nSPS) is 17.4. The number of nitrogens with zero attached hydrogens (tertiary/aromatic N) is 1. The van der Waals surface area contributed by atoms with Gasteiger partial charge in [0.05, 0.1) is 21.8 Å². The fourth-order valence-electron chi connectivity index (χ4n) is 2.83. The van der Waals surface area contributed by atoms with Gasteiger partial charge in [0.15, 0.2) is 6.29 Å². The number of aryl methyl sites for hydroxylation is 1. The number of primary sulfonamides is 1. The Bertz CT molecular complexity index is 944. The molecule has 2 aromatic carbocycles. The summed E-state index contributed by atoms with van der Waals surface area (Å²) in [6, 6.07) is 8.72. The van der Waals surface area contributed by atoms with E-state index in [1.54, 1.807) is 18.2 Å². The number of para-hydroxylation sites is 1. The number of anilines is 3. The summed E-state index contributed by atoms with van der Waals surface area (Å²) in [5.41, 5.74) is 6.42. The van der Waals surface area contributed by atoms with Crippen LogP contribution in [0.4, 0.5) is 30.2 Å². The van der Waals surface area contributed by atoms with Crippen molar-refractivity contribution in [1.29, 1.82) is 0 Å². The highest BCUT2D eigenvalue weighted by atomic mass is 32.2. The van der Waals surface area contributed by atoms with E-state index < -0.39 is 32.9 Å². The molecule has 1 atom stereocenters. The van der Waals surface area contributed by atoms with Crippen molar-refractivity contribution in [3.8, 4) is 0 Å². The minimum absolute atomic E-state index is 0.0791. The van der Waals surface area contributed by atoms with Gasteiger partial charge in [0, 0.05) is 5.69 Å². The van der Waals surface area contributed by atoms with Crippen molar-refractivity contribution >= 4 is 27.1 Å². The zero-order valence-corrected chi connectivity index (χ0v) is 13.8. The van der Waals surface area contributed by atoms with E-state index in [2.05, 4.69) is 5.32 Å². The van der Waals surface area contributed by atoms with Gasteiger partial charge in [-0.1, -0.05) is 18.2 Å². The van der Waals surface area contributed by atoms with E-state index in [1.807, 2.05) is 13.0 Å². The Labute approximate surface area is 142 Å². The van der Waals surface area contributed by atoms with Gasteiger partial charge in [0.1, 0.15) is 0 Å². The van der Waals surface area contributed by atoms with Crippen molar-refractivity contribution in [3.63, 3.8) is 0 Å². The van der Waals surface area contributed by atoms with Crippen molar-refractivity contribution < 1.29 is 21.6 Å². The van der Waals surface area contributed by atoms with Crippen LogP contribution in [0.15, 0.2) is 41.3 Å². The number of sulfonamides is 1. The first-order valence-corrected chi connectivity index (χ1v) is 8.70. The molecule has 6 nitrogen and oxygen atoms in total. The second kappa shape index (κ2) is 5.61. The average Bonchev–Trinajstić information content (AvgIpc) is 2.80. The molecule has 0 saturated carbocycles. The van der Waals surface area contributed by atoms with Crippen LogP contribution in [0.3, 0.4) is 0 Å². The van der Waals surface area contributed by atoms with E-state index >= 15 is 0 Å². The van der Waals surface area contributed by atoms with Crippen LogP contribution in [0.2, 0.25) is 0 Å². The number of nitrogens with two attached hydrogens (primary N) is 2. The fourth-order valence-corrected chi connectivity index (χ4v) is 3.59. The molecule has 0 saturated heterocycles. The largest absolute Gasteiger partial charge is 0.417 e. The lowest BCUT2D eigenvalue weighted by molar-refractivity contribution is -0.139. The van der Waals surface area contributed by atoms with Crippen molar-refractivity contribution in [2.45, 2.75) is 24.3 Å². The molecule has 0 bridgehead atoms. The van der Waals surface area contributed by atoms with Crippen LogP contribution in [-0.2, 0) is 16.2 Å². The standard InChI is InChI=1S/C15H15F3N4O2S/c1-8-4-2-3-5-11(8)22-12-7-13(25(20,23)24)9(15(16,17)18)6-10(12)21-14(22)19/h2-7,14,21H,19H2,1H3,(H2,20,23,24). The molecule has 2 aromatic rings. The number of hydrogen-bond donors (Lipinski definition) is 3. The van der Waals surface area contributed by atoms with Gasteiger partial charge < -0.3 is 10.2 Å². The zero-order valence-electron chi connectivity index (χ0n) is 13.0. The Hall–Kier alpha value is -2.30.